The third kappa shape index (κ3) is 3.61. The summed E-state index contributed by atoms with van der Waals surface area (Å²) in [7, 11) is 0. The van der Waals surface area contributed by atoms with Gasteiger partial charge in [0.25, 0.3) is 0 Å². The molecule has 3 heteroatoms. The van der Waals surface area contributed by atoms with Crippen LogP contribution >= 0.6 is 0 Å². The molecule has 0 bridgehead atoms. The zero-order valence-electron chi connectivity index (χ0n) is 7.05. The molecule has 0 spiro atoms. The van der Waals surface area contributed by atoms with Crippen molar-refractivity contribution in [1.29, 1.82) is 5.26 Å². The second-order valence-electron chi connectivity index (χ2n) is 2.94. The summed E-state index contributed by atoms with van der Waals surface area (Å²) in [6.07, 6.45) is 0. The number of rotatable bonds is 2. The summed E-state index contributed by atoms with van der Waals surface area (Å²) in [5.41, 5.74) is -1.04. The number of esters is 1. The molecule has 0 aromatic carbocycles. The summed E-state index contributed by atoms with van der Waals surface area (Å²) in [6, 6.07) is 1.86. The minimum absolute atomic E-state index is 0.428. The van der Waals surface area contributed by atoms with E-state index in [1.807, 2.05) is 6.07 Å². The molecular formula is C8H12NO2. The summed E-state index contributed by atoms with van der Waals surface area (Å²) in [5, 5.41) is 8.48. The van der Waals surface area contributed by atoms with E-state index in [1.165, 1.54) is 13.8 Å². The van der Waals surface area contributed by atoms with E-state index in [2.05, 4.69) is 6.92 Å². The Morgan fingerprint density at radius 2 is 2.18 bits per heavy atom. The molecular weight excluding hydrogens is 142 g/mol. The third-order valence-corrected chi connectivity index (χ3v) is 1.03. The molecule has 11 heavy (non-hydrogen) atoms. The summed E-state index contributed by atoms with van der Waals surface area (Å²) >= 11 is 0. The van der Waals surface area contributed by atoms with E-state index in [1.54, 1.807) is 6.92 Å². The standard InChI is InChI=1S/C8H12NO2/c1-6(2)7(10)11-8(3,4)5-9/h6H,1H2,2-4H3. The highest BCUT2D eigenvalue weighted by molar-refractivity contribution is 5.73. The highest BCUT2D eigenvalue weighted by atomic mass is 16.6. The Balaban J connectivity index is 4.08. The second-order valence-corrected chi connectivity index (χ2v) is 2.94. The number of ether oxygens (including phenoxy) is 1. The monoisotopic (exact) mass is 154 g/mol. The van der Waals surface area contributed by atoms with Gasteiger partial charge in [-0.1, -0.05) is 6.92 Å². The van der Waals surface area contributed by atoms with Gasteiger partial charge in [-0.25, -0.2) is 0 Å². The fourth-order valence-electron chi connectivity index (χ4n) is 0.375. The van der Waals surface area contributed by atoms with Gasteiger partial charge in [-0.15, -0.1) is 0 Å². The molecule has 1 atom stereocenters. The van der Waals surface area contributed by atoms with Gasteiger partial charge in [0, 0.05) is 0 Å². The Labute approximate surface area is 67.0 Å². The second kappa shape index (κ2) is 3.38. The molecule has 0 aromatic rings. The first-order valence-electron chi connectivity index (χ1n) is 3.36. The first-order chi connectivity index (χ1) is 4.89. The summed E-state index contributed by atoms with van der Waals surface area (Å²) < 4.78 is 4.79. The Hall–Kier alpha value is -1.04. The topological polar surface area (TPSA) is 50.1 Å². The van der Waals surface area contributed by atoms with Crippen molar-refractivity contribution in [3.63, 3.8) is 0 Å². The minimum atomic E-state index is -1.04. The maximum atomic E-state index is 10.9. The zero-order valence-corrected chi connectivity index (χ0v) is 7.05. The first kappa shape index (κ1) is 9.96. The quantitative estimate of drug-likeness (QED) is 0.563. The summed E-state index contributed by atoms with van der Waals surface area (Å²) in [6.45, 7) is 8.16. The third-order valence-electron chi connectivity index (χ3n) is 1.03. The van der Waals surface area contributed by atoms with Gasteiger partial charge in [0.2, 0.25) is 0 Å². The van der Waals surface area contributed by atoms with Crippen molar-refractivity contribution >= 4 is 5.97 Å². The molecule has 3 nitrogen and oxygen atoms in total. The highest BCUT2D eigenvalue weighted by Crippen LogP contribution is 2.10. The SMILES string of the molecule is [CH2]C(C)C(=O)OC(C)(C)C#N. The first-order valence-corrected chi connectivity index (χ1v) is 3.36. The lowest BCUT2D eigenvalue weighted by atomic mass is 10.1. The Kier molecular flexibility index (Phi) is 3.06. The van der Waals surface area contributed by atoms with Crippen molar-refractivity contribution in [1.82, 2.24) is 0 Å². The van der Waals surface area contributed by atoms with Crippen LogP contribution < -0.4 is 0 Å². The van der Waals surface area contributed by atoms with Crippen molar-refractivity contribution in [2.24, 2.45) is 5.92 Å². The van der Waals surface area contributed by atoms with E-state index in [0.717, 1.165) is 0 Å². The molecule has 0 aliphatic heterocycles. The van der Waals surface area contributed by atoms with Crippen LogP contribution in [0.3, 0.4) is 0 Å². The molecule has 0 aromatic heterocycles. The summed E-state index contributed by atoms with van der Waals surface area (Å²) in [4.78, 5) is 10.9. The van der Waals surface area contributed by atoms with E-state index in [9.17, 15) is 4.79 Å². The number of nitriles is 1. The number of nitrogens with zero attached hydrogens (tertiary/aromatic N) is 1. The van der Waals surface area contributed by atoms with Crippen molar-refractivity contribution in [3.05, 3.63) is 6.92 Å². The van der Waals surface area contributed by atoms with Crippen LogP contribution in [0.15, 0.2) is 0 Å². The predicted molar refractivity (Wildman–Crippen MR) is 40.3 cm³/mol. The lowest BCUT2D eigenvalue weighted by Gasteiger charge is -2.17. The maximum absolute atomic E-state index is 10.9. The summed E-state index contributed by atoms with van der Waals surface area (Å²) in [5.74, 6) is -0.876. The number of carbonyl (C=O) groups excluding carboxylic acids is 1. The van der Waals surface area contributed by atoms with E-state index < -0.39 is 17.5 Å². The van der Waals surface area contributed by atoms with Crippen LogP contribution in [-0.4, -0.2) is 11.6 Å². The number of hydrogen-bond acceptors (Lipinski definition) is 3. The highest BCUT2D eigenvalue weighted by Gasteiger charge is 2.23. The molecule has 0 aliphatic carbocycles. The smallest absolute Gasteiger partial charge is 0.310 e. The molecule has 0 rings (SSSR count). The van der Waals surface area contributed by atoms with Crippen molar-refractivity contribution in [2.45, 2.75) is 26.4 Å². The van der Waals surface area contributed by atoms with Gasteiger partial charge in [0.15, 0.2) is 5.60 Å². The molecule has 0 saturated carbocycles. The molecule has 1 unspecified atom stereocenters. The zero-order chi connectivity index (χ0) is 9.07. The van der Waals surface area contributed by atoms with E-state index in [0.29, 0.717) is 0 Å². The molecule has 1 radical (unpaired) electrons. The molecule has 61 valence electrons. The van der Waals surface area contributed by atoms with Crippen LogP contribution in [-0.2, 0) is 9.53 Å². The molecule has 0 saturated heterocycles. The van der Waals surface area contributed by atoms with Gasteiger partial charge in [-0.05, 0) is 20.8 Å². The Morgan fingerprint density at radius 3 is 2.45 bits per heavy atom. The lowest BCUT2D eigenvalue weighted by Crippen LogP contribution is -2.28. The minimum Gasteiger partial charge on any atom is -0.444 e. The van der Waals surface area contributed by atoms with Gasteiger partial charge >= 0.3 is 5.97 Å². The predicted octanol–water partition coefficient (Wildman–Crippen LogP) is 1.30. The fourth-order valence-corrected chi connectivity index (χ4v) is 0.375. The van der Waals surface area contributed by atoms with Crippen LogP contribution in [0.4, 0.5) is 0 Å². The molecule has 0 amide bonds. The number of hydrogen-bond donors (Lipinski definition) is 0. The largest absolute Gasteiger partial charge is 0.444 e. The van der Waals surface area contributed by atoms with Gasteiger partial charge in [-0.2, -0.15) is 5.26 Å². The normalized spacial score (nSPS) is 10.9. The van der Waals surface area contributed by atoms with Crippen molar-refractivity contribution in [3.8, 4) is 6.07 Å². The molecule has 0 N–H and O–H groups in total. The average Bonchev–Trinajstić information content (AvgIpc) is 1.87. The molecule has 0 aliphatic rings. The van der Waals surface area contributed by atoms with Gasteiger partial charge in [-0.3, -0.25) is 4.79 Å². The van der Waals surface area contributed by atoms with Crippen molar-refractivity contribution in [2.75, 3.05) is 0 Å². The van der Waals surface area contributed by atoms with Crippen LogP contribution in [0, 0.1) is 24.2 Å². The van der Waals surface area contributed by atoms with Crippen LogP contribution in [0.25, 0.3) is 0 Å². The molecule has 0 heterocycles. The van der Waals surface area contributed by atoms with Gasteiger partial charge < -0.3 is 4.74 Å². The number of carbonyl (C=O) groups is 1. The fraction of sp³-hybridized carbons (Fsp3) is 0.625. The Morgan fingerprint density at radius 1 is 1.73 bits per heavy atom. The maximum Gasteiger partial charge on any atom is 0.310 e. The van der Waals surface area contributed by atoms with E-state index in [-0.39, 0.29) is 0 Å². The van der Waals surface area contributed by atoms with E-state index in [4.69, 9.17) is 10.00 Å². The molecule has 0 fully saturated rings. The van der Waals surface area contributed by atoms with Gasteiger partial charge in [0.05, 0.1) is 5.92 Å². The van der Waals surface area contributed by atoms with Crippen LogP contribution in [0.1, 0.15) is 20.8 Å². The van der Waals surface area contributed by atoms with Gasteiger partial charge in [0.1, 0.15) is 6.07 Å². The average molecular weight is 154 g/mol. The van der Waals surface area contributed by atoms with E-state index >= 15 is 0 Å². The van der Waals surface area contributed by atoms with Crippen LogP contribution in [0.2, 0.25) is 0 Å². The van der Waals surface area contributed by atoms with Crippen molar-refractivity contribution < 1.29 is 9.53 Å². The Bertz CT molecular complexity index is 189. The van der Waals surface area contributed by atoms with Crippen LogP contribution in [0.5, 0.6) is 0 Å². The lowest BCUT2D eigenvalue weighted by molar-refractivity contribution is -0.154.